The molecule has 4 nitrogen and oxygen atoms in total. The summed E-state index contributed by atoms with van der Waals surface area (Å²) in [6, 6.07) is 11.2. The molecule has 2 atom stereocenters. The first-order valence-corrected chi connectivity index (χ1v) is 6.43. The molecule has 1 saturated carbocycles. The lowest BCUT2D eigenvalue weighted by molar-refractivity contribution is 0.688. The SMILES string of the molecule is NC1CCC(Nc2ccc(-n3cccn3)cc2)C1. The maximum absolute atomic E-state index is 5.92. The molecule has 3 rings (SSSR count). The Balaban J connectivity index is 1.68. The van der Waals surface area contributed by atoms with Crippen LogP contribution in [0.2, 0.25) is 0 Å². The number of hydrogen-bond donors (Lipinski definition) is 2. The molecule has 0 spiro atoms. The highest BCUT2D eigenvalue weighted by molar-refractivity contribution is 5.49. The summed E-state index contributed by atoms with van der Waals surface area (Å²) in [6.07, 6.45) is 7.09. The van der Waals surface area contributed by atoms with Crippen LogP contribution in [0.15, 0.2) is 42.7 Å². The molecule has 1 aromatic heterocycles. The van der Waals surface area contributed by atoms with Gasteiger partial charge < -0.3 is 11.1 Å². The molecule has 1 aromatic carbocycles. The Bertz CT molecular complexity index is 489. The maximum atomic E-state index is 5.92. The molecule has 0 aliphatic heterocycles. The molecule has 94 valence electrons. The molecule has 0 saturated heterocycles. The van der Waals surface area contributed by atoms with Gasteiger partial charge in [-0.25, -0.2) is 4.68 Å². The van der Waals surface area contributed by atoms with Gasteiger partial charge in [-0.2, -0.15) is 5.10 Å². The van der Waals surface area contributed by atoms with Crippen LogP contribution in [0.5, 0.6) is 0 Å². The van der Waals surface area contributed by atoms with Gasteiger partial charge in [0.25, 0.3) is 0 Å². The fourth-order valence-electron chi connectivity index (χ4n) is 2.52. The van der Waals surface area contributed by atoms with Gasteiger partial charge in [-0.1, -0.05) is 0 Å². The Hall–Kier alpha value is -1.81. The zero-order valence-electron chi connectivity index (χ0n) is 10.3. The normalized spacial score (nSPS) is 23.2. The summed E-state index contributed by atoms with van der Waals surface area (Å²) in [4.78, 5) is 0. The molecule has 2 aromatic rings. The van der Waals surface area contributed by atoms with Gasteiger partial charge in [0.05, 0.1) is 5.69 Å². The molecule has 1 aliphatic rings. The summed E-state index contributed by atoms with van der Waals surface area (Å²) in [5, 5.41) is 7.74. The van der Waals surface area contributed by atoms with Crippen molar-refractivity contribution < 1.29 is 0 Å². The third-order valence-corrected chi connectivity index (χ3v) is 3.48. The van der Waals surface area contributed by atoms with Gasteiger partial charge in [0.2, 0.25) is 0 Å². The van der Waals surface area contributed by atoms with E-state index in [2.05, 4.69) is 34.7 Å². The zero-order valence-corrected chi connectivity index (χ0v) is 10.3. The van der Waals surface area contributed by atoms with E-state index in [0.29, 0.717) is 12.1 Å². The first-order chi connectivity index (χ1) is 8.81. The van der Waals surface area contributed by atoms with E-state index in [1.54, 1.807) is 6.20 Å². The Labute approximate surface area is 107 Å². The van der Waals surface area contributed by atoms with E-state index in [0.717, 1.165) is 24.2 Å². The lowest BCUT2D eigenvalue weighted by atomic mass is 10.2. The molecule has 1 fully saturated rings. The first-order valence-electron chi connectivity index (χ1n) is 6.43. The Morgan fingerprint density at radius 1 is 1.22 bits per heavy atom. The molecule has 1 aliphatic carbocycles. The van der Waals surface area contributed by atoms with E-state index in [9.17, 15) is 0 Å². The molecule has 0 radical (unpaired) electrons. The predicted molar refractivity (Wildman–Crippen MR) is 72.8 cm³/mol. The zero-order chi connectivity index (χ0) is 12.4. The largest absolute Gasteiger partial charge is 0.382 e. The molecule has 3 N–H and O–H groups in total. The van der Waals surface area contributed by atoms with Crippen molar-refractivity contribution in [1.29, 1.82) is 0 Å². The standard InChI is InChI=1S/C14H18N4/c15-11-2-3-13(10-11)17-12-4-6-14(7-5-12)18-9-1-8-16-18/h1,4-9,11,13,17H,2-3,10,15H2. The van der Waals surface area contributed by atoms with E-state index in [1.807, 2.05) is 16.9 Å². The summed E-state index contributed by atoms with van der Waals surface area (Å²) in [5.74, 6) is 0. The summed E-state index contributed by atoms with van der Waals surface area (Å²) in [5.41, 5.74) is 8.15. The minimum Gasteiger partial charge on any atom is -0.382 e. The number of anilines is 1. The third kappa shape index (κ3) is 2.38. The second-order valence-corrected chi connectivity index (χ2v) is 4.91. The monoisotopic (exact) mass is 242 g/mol. The van der Waals surface area contributed by atoms with Gasteiger partial charge in [-0.3, -0.25) is 0 Å². The average molecular weight is 242 g/mol. The molecule has 0 amide bonds. The van der Waals surface area contributed by atoms with Crippen molar-refractivity contribution in [2.45, 2.75) is 31.3 Å². The van der Waals surface area contributed by atoms with Gasteiger partial charge in [0.1, 0.15) is 0 Å². The molecule has 1 heterocycles. The number of rotatable bonds is 3. The topological polar surface area (TPSA) is 55.9 Å². The van der Waals surface area contributed by atoms with E-state index in [-0.39, 0.29) is 0 Å². The van der Waals surface area contributed by atoms with E-state index < -0.39 is 0 Å². The lowest BCUT2D eigenvalue weighted by Gasteiger charge is -2.14. The van der Waals surface area contributed by atoms with E-state index in [1.165, 1.54) is 6.42 Å². The summed E-state index contributed by atoms with van der Waals surface area (Å²) in [6.45, 7) is 0. The minimum atomic E-state index is 0.367. The highest BCUT2D eigenvalue weighted by Crippen LogP contribution is 2.22. The minimum absolute atomic E-state index is 0.367. The molecule has 18 heavy (non-hydrogen) atoms. The third-order valence-electron chi connectivity index (χ3n) is 3.48. The number of nitrogens with one attached hydrogen (secondary N) is 1. The second-order valence-electron chi connectivity index (χ2n) is 4.91. The summed E-state index contributed by atoms with van der Waals surface area (Å²) in [7, 11) is 0. The lowest BCUT2D eigenvalue weighted by Crippen LogP contribution is -2.20. The van der Waals surface area contributed by atoms with Gasteiger partial charge in [0.15, 0.2) is 0 Å². The quantitative estimate of drug-likeness (QED) is 0.867. The van der Waals surface area contributed by atoms with Crippen molar-refractivity contribution in [3.05, 3.63) is 42.7 Å². The van der Waals surface area contributed by atoms with Gasteiger partial charge in [-0.05, 0) is 49.6 Å². The number of aromatic nitrogens is 2. The highest BCUT2D eigenvalue weighted by atomic mass is 15.3. The van der Waals surface area contributed by atoms with Crippen molar-refractivity contribution >= 4 is 5.69 Å². The van der Waals surface area contributed by atoms with Crippen LogP contribution in [-0.4, -0.2) is 21.9 Å². The molecule has 4 heteroatoms. The van der Waals surface area contributed by atoms with Crippen LogP contribution in [0.25, 0.3) is 5.69 Å². The van der Waals surface area contributed by atoms with Crippen LogP contribution in [-0.2, 0) is 0 Å². The van der Waals surface area contributed by atoms with Crippen molar-refractivity contribution in [2.24, 2.45) is 5.73 Å². The van der Waals surface area contributed by atoms with Gasteiger partial charge >= 0.3 is 0 Å². The maximum Gasteiger partial charge on any atom is 0.0647 e. The van der Waals surface area contributed by atoms with Gasteiger partial charge in [0, 0.05) is 30.2 Å². The molecular weight excluding hydrogens is 224 g/mol. The van der Waals surface area contributed by atoms with E-state index in [4.69, 9.17) is 5.73 Å². The molecule has 0 bridgehead atoms. The van der Waals surface area contributed by atoms with Crippen LogP contribution in [0.3, 0.4) is 0 Å². The smallest absolute Gasteiger partial charge is 0.0647 e. The molecular formula is C14H18N4. The van der Waals surface area contributed by atoms with Crippen molar-refractivity contribution in [3.63, 3.8) is 0 Å². The Kier molecular flexibility index (Phi) is 3.02. The summed E-state index contributed by atoms with van der Waals surface area (Å²) >= 11 is 0. The van der Waals surface area contributed by atoms with Crippen LogP contribution >= 0.6 is 0 Å². The predicted octanol–water partition coefficient (Wildman–Crippen LogP) is 2.16. The average Bonchev–Trinajstić information content (AvgIpc) is 3.02. The van der Waals surface area contributed by atoms with Crippen molar-refractivity contribution in [2.75, 3.05) is 5.32 Å². The number of hydrogen-bond acceptors (Lipinski definition) is 3. The van der Waals surface area contributed by atoms with E-state index >= 15 is 0 Å². The first kappa shape index (κ1) is 11.3. The number of benzene rings is 1. The highest BCUT2D eigenvalue weighted by Gasteiger charge is 2.21. The van der Waals surface area contributed by atoms with Crippen LogP contribution in [0.1, 0.15) is 19.3 Å². The van der Waals surface area contributed by atoms with Crippen molar-refractivity contribution in [3.8, 4) is 5.69 Å². The van der Waals surface area contributed by atoms with Crippen LogP contribution in [0, 0.1) is 0 Å². The second kappa shape index (κ2) is 4.82. The van der Waals surface area contributed by atoms with Crippen molar-refractivity contribution in [1.82, 2.24) is 9.78 Å². The van der Waals surface area contributed by atoms with Gasteiger partial charge in [-0.15, -0.1) is 0 Å². The molecule has 2 unspecified atom stereocenters. The van der Waals surface area contributed by atoms with Crippen LogP contribution in [0.4, 0.5) is 5.69 Å². The number of nitrogens with zero attached hydrogens (tertiary/aromatic N) is 2. The Morgan fingerprint density at radius 2 is 2.06 bits per heavy atom. The summed E-state index contributed by atoms with van der Waals surface area (Å²) < 4.78 is 1.86. The number of nitrogens with two attached hydrogens (primary N) is 1. The van der Waals surface area contributed by atoms with Crippen LogP contribution < -0.4 is 11.1 Å². The fourth-order valence-corrected chi connectivity index (χ4v) is 2.52. The fraction of sp³-hybridized carbons (Fsp3) is 0.357. The Morgan fingerprint density at radius 3 is 2.67 bits per heavy atom.